The molecule has 1 aliphatic heterocycles. The zero-order valence-electron chi connectivity index (χ0n) is 17.0. The zero-order chi connectivity index (χ0) is 19.0. The number of halogens is 1. The van der Waals surface area contributed by atoms with Crippen LogP contribution < -0.4 is 10.6 Å². The predicted octanol–water partition coefficient (Wildman–Crippen LogP) is 2.06. The summed E-state index contributed by atoms with van der Waals surface area (Å²) in [5.41, 5.74) is 2.91. The van der Waals surface area contributed by atoms with E-state index in [0.717, 1.165) is 38.8 Å². The highest BCUT2D eigenvalue weighted by Crippen LogP contribution is 2.12. The third-order valence-electron chi connectivity index (χ3n) is 4.55. The molecule has 154 valence electrons. The van der Waals surface area contributed by atoms with E-state index in [4.69, 9.17) is 4.74 Å². The van der Waals surface area contributed by atoms with Crippen LogP contribution in [-0.4, -0.2) is 67.5 Å². The first-order valence-corrected chi connectivity index (χ1v) is 9.50. The van der Waals surface area contributed by atoms with Crippen LogP contribution in [0.1, 0.15) is 30.5 Å². The standard InChI is InChI=1S/C20H34N4O2.HI/c1-5-21-19(22-13-18-7-6-16(2)12-17(18)3)23-14-20(4,25)15-24-8-10-26-11-9-24;/h6-7,12,25H,5,8-11,13-15H2,1-4H3,(H2,21,22,23);1H. The molecule has 1 aromatic rings. The Morgan fingerprint density at radius 3 is 2.59 bits per heavy atom. The number of benzene rings is 1. The second-order valence-corrected chi connectivity index (χ2v) is 7.36. The molecular weight excluding hydrogens is 455 g/mol. The number of β-amino-alcohol motifs (C(OH)–C–C–N with tert-alkyl or cyclic N) is 1. The summed E-state index contributed by atoms with van der Waals surface area (Å²) >= 11 is 0. The van der Waals surface area contributed by atoms with Gasteiger partial charge in [0.1, 0.15) is 0 Å². The molecule has 1 unspecified atom stereocenters. The van der Waals surface area contributed by atoms with Crippen molar-refractivity contribution in [1.82, 2.24) is 15.5 Å². The Hall–Kier alpha value is -0.900. The highest BCUT2D eigenvalue weighted by Gasteiger charge is 2.25. The van der Waals surface area contributed by atoms with Crippen molar-refractivity contribution in [3.63, 3.8) is 0 Å². The van der Waals surface area contributed by atoms with Crippen molar-refractivity contribution in [2.24, 2.45) is 4.99 Å². The van der Waals surface area contributed by atoms with Crippen LogP contribution in [0, 0.1) is 13.8 Å². The molecule has 0 spiro atoms. The Balaban J connectivity index is 0.00000364. The number of nitrogens with zero attached hydrogens (tertiary/aromatic N) is 2. The fraction of sp³-hybridized carbons (Fsp3) is 0.650. The summed E-state index contributed by atoms with van der Waals surface area (Å²) in [6, 6.07) is 6.43. The lowest BCUT2D eigenvalue weighted by Crippen LogP contribution is -2.52. The molecule has 7 heteroatoms. The lowest BCUT2D eigenvalue weighted by atomic mass is 10.1. The molecule has 27 heavy (non-hydrogen) atoms. The molecule has 1 fully saturated rings. The quantitative estimate of drug-likeness (QED) is 0.310. The summed E-state index contributed by atoms with van der Waals surface area (Å²) in [5, 5.41) is 17.3. The Labute approximate surface area is 180 Å². The third kappa shape index (κ3) is 8.76. The van der Waals surface area contributed by atoms with Crippen LogP contribution in [0.5, 0.6) is 0 Å². The van der Waals surface area contributed by atoms with Crippen molar-refractivity contribution in [2.75, 3.05) is 45.9 Å². The average molecular weight is 490 g/mol. The van der Waals surface area contributed by atoms with Gasteiger partial charge in [-0.05, 0) is 38.8 Å². The predicted molar refractivity (Wildman–Crippen MR) is 122 cm³/mol. The van der Waals surface area contributed by atoms with Gasteiger partial charge in [-0.15, -0.1) is 24.0 Å². The summed E-state index contributed by atoms with van der Waals surface area (Å²) < 4.78 is 5.37. The van der Waals surface area contributed by atoms with Crippen LogP contribution in [0.2, 0.25) is 0 Å². The molecule has 6 nitrogen and oxygen atoms in total. The van der Waals surface area contributed by atoms with Gasteiger partial charge in [-0.2, -0.15) is 0 Å². The Morgan fingerprint density at radius 1 is 1.26 bits per heavy atom. The minimum Gasteiger partial charge on any atom is -0.387 e. The topological polar surface area (TPSA) is 69.1 Å². The monoisotopic (exact) mass is 490 g/mol. The first-order chi connectivity index (χ1) is 12.4. The van der Waals surface area contributed by atoms with Gasteiger partial charge in [-0.3, -0.25) is 4.90 Å². The van der Waals surface area contributed by atoms with Gasteiger partial charge in [0, 0.05) is 32.7 Å². The second kappa shape index (κ2) is 11.8. The first-order valence-electron chi connectivity index (χ1n) is 9.50. The summed E-state index contributed by atoms with van der Waals surface area (Å²) in [4.78, 5) is 6.91. The van der Waals surface area contributed by atoms with E-state index in [9.17, 15) is 5.11 Å². The minimum atomic E-state index is -0.826. The molecule has 1 aromatic carbocycles. The van der Waals surface area contributed by atoms with E-state index in [1.807, 2.05) is 13.8 Å². The molecule has 0 amide bonds. The van der Waals surface area contributed by atoms with Gasteiger partial charge in [0.2, 0.25) is 0 Å². The molecule has 1 atom stereocenters. The number of morpholine rings is 1. The smallest absolute Gasteiger partial charge is 0.191 e. The van der Waals surface area contributed by atoms with Gasteiger partial charge in [-0.25, -0.2) is 4.99 Å². The van der Waals surface area contributed by atoms with Crippen molar-refractivity contribution >= 4 is 29.9 Å². The molecule has 1 heterocycles. The highest BCUT2D eigenvalue weighted by atomic mass is 127. The molecule has 0 bridgehead atoms. The van der Waals surface area contributed by atoms with E-state index in [0.29, 0.717) is 19.6 Å². The number of rotatable bonds is 7. The van der Waals surface area contributed by atoms with Gasteiger partial charge in [0.15, 0.2) is 5.96 Å². The number of hydrogen-bond donors (Lipinski definition) is 3. The summed E-state index contributed by atoms with van der Waals surface area (Å²) in [6.45, 7) is 13.8. The van der Waals surface area contributed by atoms with E-state index >= 15 is 0 Å². The average Bonchev–Trinajstić information content (AvgIpc) is 2.59. The van der Waals surface area contributed by atoms with E-state index < -0.39 is 5.60 Å². The zero-order valence-corrected chi connectivity index (χ0v) is 19.4. The van der Waals surface area contributed by atoms with Crippen molar-refractivity contribution < 1.29 is 9.84 Å². The number of aryl methyl sites for hydroxylation is 2. The fourth-order valence-corrected chi connectivity index (χ4v) is 3.10. The maximum absolute atomic E-state index is 10.7. The number of aliphatic hydroxyl groups is 1. The minimum absolute atomic E-state index is 0. The summed E-state index contributed by atoms with van der Waals surface area (Å²) in [6.07, 6.45) is 0. The maximum Gasteiger partial charge on any atom is 0.191 e. The molecule has 3 N–H and O–H groups in total. The van der Waals surface area contributed by atoms with Gasteiger partial charge >= 0.3 is 0 Å². The molecule has 0 radical (unpaired) electrons. The number of hydrogen-bond acceptors (Lipinski definition) is 4. The molecule has 0 aliphatic carbocycles. The van der Waals surface area contributed by atoms with E-state index in [1.165, 1.54) is 16.7 Å². The van der Waals surface area contributed by atoms with Crippen LogP contribution in [0.4, 0.5) is 0 Å². The Morgan fingerprint density at radius 2 is 1.96 bits per heavy atom. The van der Waals surface area contributed by atoms with Gasteiger partial charge in [0.05, 0.1) is 25.4 Å². The van der Waals surface area contributed by atoms with Crippen LogP contribution in [0.15, 0.2) is 23.2 Å². The molecule has 1 aliphatic rings. The molecule has 1 saturated heterocycles. The molecule has 2 rings (SSSR count). The molecular formula is C20H35IN4O2. The maximum atomic E-state index is 10.7. The summed E-state index contributed by atoms with van der Waals surface area (Å²) in [5.74, 6) is 0.731. The van der Waals surface area contributed by atoms with E-state index in [1.54, 1.807) is 0 Å². The van der Waals surface area contributed by atoms with Crippen molar-refractivity contribution in [3.05, 3.63) is 34.9 Å². The van der Waals surface area contributed by atoms with Crippen LogP contribution in [-0.2, 0) is 11.3 Å². The van der Waals surface area contributed by atoms with Crippen LogP contribution >= 0.6 is 24.0 Å². The Kier molecular flexibility index (Phi) is 10.6. The van der Waals surface area contributed by atoms with Crippen LogP contribution in [0.3, 0.4) is 0 Å². The molecule has 0 aromatic heterocycles. The largest absolute Gasteiger partial charge is 0.387 e. The third-order valence-corrected chi connectivity index (χ3v) is 4.55. The number of ether oxygens (including phenoxy) is 1. The summed E-state index contributed by atoms with van der Waals surface area (Å²) in [7, 11) is 0. The second-order valence-electron chi connectivity index (χ2n) is 7.36. The number of guanidine groups is 1. The first kappa shape index (κ1) is 24.1. The fourth-order valence-electron chi connectivity index (χ4n) is 3.10. The highest BCUT2D eigenvalue weighted by molar-refractivity contribution is 14.0. The molecule has 0 saturated carbocycles. The van der Waals surface area contributed by atoms with Crippen molar-refractivity contribution in [2.45, 2.75) is 39.8 Å². The van der Waals surface area contributed by atoms with Gasteiger partial charge in [-0.1, -0.05) is 23.8 Å². The normalized spacial score (nSPS) is 17.7. The Bertz CT molecular complexity index is 602. The number of nitrogens with one attached hydrogen (secondary N) is 2. The lowest BCUT2D eigenvalue weighted by Gasteiger charge is -2.34. The number of aliphatic imine (C=N–C) groups is 1. The van der Waals surface area contributed by atoms with Gasteiger partial charge < -0.3 is 20.5 Å². The van der Waals surface area contributed by atoms with Crippen molar-refractivity contribution in [1.29, 1.82) is 0 Å². The van der Waals surface area contributed by atoms with Gasteiger partial charge in [0.25, 0.3) is 0 Å². The van der Waals surface area contributed by atoms with Crippen LogP contribution in [0.25, 0.3) is 0 Å². The van der Waals surface area contributed by atoms with Crippen molar-refractivity contribution in [3.8, 4) is 0 Å². The van der Waals surface area contributed by atoms with E-state index in [2.05, 4.69) is 52.6 Å². The SMILES string of the molecule is CCNC(=NCc1ccc(C)cc1C)NCC(C)(O)CN1CCOCC1.I. The van der Waals surface area contributed by atoms with E-state index in [-0.39, 0.29) is 24.0 Å². The lowest BCUT2D eigenvalue weighted by molar-refractivity contribution is -0.0201.